The van der Waals surface area contributed by atoms with Crippen molar-refractivity contribution >= 4 is 28.5 Å². The number of benzene rings is 1. The third-order valence-corrected chi connectivity index (χ3v) is 3.29. The van der Waals surface area contributed by atoms with E-state index in [9.17, 15) is 14.7 Å². The van der Waals surface area contributed by atoms with E-state index in [4.69, 9.17) is 11.6 Å². The van der Waals surface area contributed by atoms with Crippen molar-refractivity contribution in [3.05, 3.63) is 56.4 Å². The van der Waals surface area contributed by atoms with Gasteiger partial charge in [0.15, 0.2) is 5.43 Å². The Morgan fingerprint density at radius 3 is 2.75 bits per heavy atom. The molecule has 0 unspecified atom stereocenters. The van der Waals surface area contributed by atoms with Crippen LogP contribution in [-0.2, 0) is 6.42 Å². The van der Waals surface area contributed by atoms with Gasteiger partial charge in [-0.15, -0.1) is 0 Å². The number of halogens is 1. The predicted molar refractivity (Wildman–Crippen MR) is 77.0 cm³/mol. The van der Waals surface area contributed by atoms with Gasteiger partial charge in [-0.1, -0.05) is 23.7 Å². The largest absolute Gasteiger partial charge is 0.545 e. The first-order valence-corrected chi connectivity index (χ1v) is 6.47. The topological polar surface area (TPSA) is 73.0 Å². The van der Waals surface area contributed by atoms with Crippen molar-refractivity contribution in [2.24, 2.45) is 0 Å². The molecule has 1 heterocycles. The molecule has 1 aromatic heterocycles. The number of carboxylic acid groups (broad SMARTS) is 1. The second-order valence-corrected chi connectivity index (χ2v) is 5.20. The summed E-state index contributed by atoms with van der Waals surface area (Å²) in [5.41, 5.74) is 1.73. The molecule has 0 aliphatic heterocycles. The zero-order chi connectivity index (χ0) is 14.9. The van der Waals surface area contributed by atoms with Gasteiger partial charge in [-0.25, -0.2) is 0 Å². The zero-order valence-corrected chi connectivity index (χ0v) is 11.9. The molecule has 1 N–H and O–H groups in total. The van der Waals surface area contributed by atoms with Crippen LogP contribution in [-0.4, -0.2) is 11.0 Å². The Labute approximate surface area is 120 Å². The minimum absolute atomic E-state index is 0.0122. The summed E-state index contributed by atoms with van der Waals surface area (Å²) in [4.78, 5) is 26.4. The molecule has 0 aliphatic carbocycles. The number of aromatic carboxylic acids is 1. The number of aromatic amines is 1. The number of carbonyl (C=O) groups excluding carboxylic acids is 1. The van der Waals surface area contributed by atoms with Crippen LogP contribution >= 0.6 is 11.6 Å². The van der Waals surface area contributed by atoms with Crippen molar-refractivity contribution in [3.8, 4) is 0 Å². The number of carbonyl (C=O) groups is 1. The average Bonchev–Trinajstić information content (AvgIpc) is 2.37. The number of hydrogen-bond acceptors (Lipinski definition) is 3. The molecular weight excluding hydrogens is 278 g/mol. The highest BCUT2D eigenvalue weighted by atomic mass is 35.5. The van der Waals surface area contributed by atoms with Gasteiger partial charge in [0.05, 0.1) is 5.97 Å². The Balaban J connectivity index is 2.68. The number of fused-ring (bicyclic) bond motifs is 1. The summed E-state index contributed by atoms with van der Waals surface area (Å²) in [6, 6.07) is 4.32. The van der Waals surface area contributed by atoms with Crippen molar-refractivity contribution < 1.29 is 9.90 Å². The van der Waals surface area contributed by atoms with E-state index in [1.54, 1.807) is 26.0 Å². The minimum atomic E-state index is -1.30. The summed E-state index contributed by atoms with van der Waals surface area (Å²) >= 11 is 5.78. The van der Waals surface area contributed by atoms with Gasteiger partial charge in [-0.2, -0.15) is 0 Å². The summed E-state index contributed by atoms with van der Waals surface area (Å²) in [7, 11) is 0. The molecule has 0 radical (unpaired) electrons. The number of nitrogens with one attached hydrogen (secondary N) is 1. The summed E-state index contributed by atoms with van der Waals surface area (Å²) in [6.07, 6.45) is 2.15. The second-order valence-electron chi connectivity index (χ2n) is 4.60. The summed E-state index contributed by atoms with van der Waals surface area (Å²) in [5.74, 6) is -1.30. The summed E-state index contributed by atoms with van der Waals surface area (Å²) < 4.78 is 0. The van der Waals surface area contributed by atoms with E-state index in [-0.39, 0.29) is 11.0 Å². The molecule has 0 bridgehead atoms. The Kier molecular flexibility index (Phi) is 3.95. The Hall–Kier alpha value is -2.07. The van der Waals surface area contributed by atoms with E-state index < -0.39 is 5.97 Å². The molecule has 20 heavy (non-hydrogen) atoms. The van der Waals surface area contributed by atoms with E-state index in [1.807, 2.05) is 0 Å². The van der Waals surface area contributed by atoms with E-state index in [2.05, 4.69) is 4.98 Å². The van der Waals surface area contributed by atoms with Gasteiger partial charge in [0.1, 0.15) is 0 Å². The molecule has 0 fully saturated rings. The highest BCUT2D eigenvalue weighted by Gasteiger charge is 2.09. The van der Waals surface area contributed by atoms with Gasteiger partial charge < -0.3 is 14.9 Å². The first-order valence-electron chi connectivity index (χ1n) is 6.09. The molecule has 104 valence electrons. The monoisotopic (exact) mass is 290 g/mol. The van der Waals surface area contributed by atoms with Crippen LogP contribution in [0.1, 0.15) is 28.5 Å². The van der Waals surface area contributed by atoms with E-state index in [0.29, 0.717) is 27.9 Å². The van der Waals surface area contributed by atoms with Gasteiger partial charge in [0, 0.05) is 27.2 Å². The third kappa shape index (κ3) is 2.75. The maximum absolute atomic E-state index is 12.4. The Bertz CT molecular complexity index is 771. The van der Waals surface area contributed by atoms with E-state index in [0.717, 1.165) is 5.69 Å². The predicted octanol–water partition coefficient (Wildman–Crippen LogP) is 1.89. The third-order valence-electron chi connectivity index (χ3n) is 3.14. The standard InChI is InChI=1S/C15H14ClNO3/c1-8(16)3-5-11-9(2)17-13-6-4-10(15(19)20)7-12(13)14(11)18/h3-4,6-7H,5H2,1-2H3,(H,17,18)(H,19,20)/p-1/b8-3-. The van der Waals surface area contributed by atoms with Crippen molar-refractivity contribution in [1.82, 2.24) is 4.98 Å². The van der Waals surface area contributed by atoms with E-state index in [1.165, 1.54) is 12.1 Å². The number of rotatable bonds is 3. The Morgan fingerprint density at radius 2 is 2.15 bits per heavy atom. The first-order chi connectivity index (χ1) is 9.40. The smallest absolute Gasteiger partial charge is 0.193 e. The van der Waals surface area contributed by atoms with Gasteiger partial charge in [0.25, 0.3) is 0 Å². The number of H-pyrrole nitrogens is 1. The van der Waals surface area contributed by atoms with Crippen LogP contribution in [0.15, 0.2) is 34.1 Å². The lowest BCUT2D eigenvalue weighted by atomic mass is 10.0. The van der Waals surface area contributed by atoms with Crippen molar-refractivity contribution in [2.45, 2.75) is 20.3 Å². The Morgan fingerprint density at radius 1 is 1.45 bits per heavy atom. The molecule has 0 aliphatic rings. The zero-order valence-electron chi connectivity index (χ0n) is 11.1. The molecule has 0 saturated heterocycles. The van der Waals surface area contributed by atoms with Gasteiger partial charge in [0.2, 0.25) is 0 Å². The highest BCUT2D eigenvalue weighted by Crippen LogP contribution is 2.14. The second kappa shape index (κ2) is 5.51. The van der Waals surface area contributed by atoms with Gasteiger partial charge in [-0.3, -0.25) is 4.79 Å². The van der Waals surface area contributed by atoms with Crippen LogP contribution < -0.4 is 10.5 Å². The number of allylic oxidation sites excluding steroid dienone is 2. The fourth-order valence-corrected chi connectivity index (χ4v) is 2.14. The highest BCUT2D eigenvalue weighted by molar-refractivity contribution is 6.29. The maximum atomic E-state index is 12.4. The number of aryl methyl sites for hydroxylation is 1. The van der Waals surface area contributed by atoms with Crippen LogP contribution in [0.25, 0.3) is 10.9 Å². The lowest BCUT2D eigenvalue weighted by Gasteiger charge is -2.08. The lowest BCUT2D eigenvalue weighted by Crippen LogP contribution is -2.22. The molecule has 1 aromatic carbocycles. The maximum Gasteiger partial charge on any atom is 0.193 e. The van der Waals surface area contributed by atoms with Gasteiger partial charge >= 0.3 is 0 Å². The van der Waals surface area contributed by atoms with Crippen LogP contribution in [0.2, 0.25) is 0 Å². The quantitative estimate of drug-likeness (QED) is 0.938. The normalized spacial score (nSPS) is 11.8. The number of aromatic nitrogens is 1. The fourth-order valence-electron chi connectivity index (χ4n) is 2.07. The molecule has 4 nitrogen and oxygen atoms in total. The van der Waals surface area contributed by atoms with E-state index >= 15 is 0 Å². The lowest BCUT2D eigenvalue weighted by molar-refractivity contribution is -0.255. The van der Waals surface area contributed by atoms with Crippen molar-refractivity contribution in [2.75, 3.05) is 0 Å². The van der Waals surface area contributed by atoms with Crippen molar-refractivity contribution in [3.63, 3.8) is 0 Å². The molecule has 2 rings (SSSR count). The first kappa shape index (κ1) is 14.3. The average molecular weight is 291 g/mol. The molecule has 0 spiro atoms. The van der Waals surface area contributed by atoms with Gasteiger partial charge in [-0.05, 0) is 38.0 Å². The fraction of sp³-hybridized carbons (Fsp3) is 0.200. The SMILES string of the molecule is C/C(Cl)=C/Cc1c(C)[nH]c2ccc(C(=O)[O-])cc2c1=O. The molecule has 0 saturated carbocycles. The van der Waals surface area contributed by atoms with Crippen LogP contribution in [0.4, 0.5) is 0 Å². The number of carboxylic acids is 1. The summed E-state index contributed by atoms with van der Waals surface area (Å²) in [6.45, 7) is 3.54. The van der Waals surface area contributed by atoms with Crippen LogP contribution in [0.5, 0.6) is 0 Å². The molecule has 0 atom stereocenters. The summed E-state index contributed by atoms with van der Waals surface area (Å²) in [5, 5.41) is 11.8. The molecule has 0 amide bonds. The number of hydrogen-bond donors (Lipinski definition) is 1. The molecule has 2 aromatic rings. The number of pyridine rings is 1. The van der Waals surface area contributed by atoms with Crippen molar-refractivity contribution in [1.29, 1.82) is 0 Å². The minimum Gasteiger partial charge on any atom is -0.545 e. The molecule has 5 heteroatoms. The molecular formula is C15H13ClNO3-. The van der Waals surface area contributed by atoms with Crippen LogP contribution in [0, 0.1) is 6.92 Å². The van der Waals surface area contributed by atoms with Crippen LogP contribution in [0.3, 0.4) is 0 Å².